The van der Waals surface area contributed by atoms with E-state index >= 15 is 0 Å². The van der Waals surface area contributed by atoms with Crippen molar-refractivity contribution < 1.29 is 23.4 Å². The zero-order valence-corrected chi connectivity index (χ0v) is 13.5. The van der Waals surface area contributed by atoms with E-state index in [0.29, 0.717) is 25.5 Å². The number of carbonyl (C=O) groups excluding carboxylic acids is 1. The Hall–Kier alpha value is -2.60. The van der Waals surface area contributed by atoms with Crippen molar-refractivity contribution in [1.29, 1.82) is 0 Å². The smallest absolute Gasteiger partial charge is 0.258 e. The van der Waals surface area contributed by atoms with E-state index in [1.807, 2.05) is 24.3 Å². The van der Waals surface area contributed by atoms with Crippen LogP contribution in [0.2, 0.25) is 0 Å². The van der Waals surface area contributed by atoms with Gasteiger partial charge in [-0.15, -0.1) is 0 Å². The predicted molar refractivity (Wildman–Crippen MR) is 87.6 cm³/mol. The molecule has 1 amide bonds. The van der Waals surface area contributed by atoms with E-state index in [4.69, 9.17) is 14.2 Å². The van der Waals surface area contributed by atoms with Crippen molar-refractivity contribution in [3.63, 3.8) is 0 Å². The number of methoxy groups -OCH3 is 1. The lowest BCUT2D eigenvalue weighted by atomic mass is 10.2. The molecule has 6 heteroatoms. The molecule has 0 aliphatic heterocycles. The normalized spacial score (nSPS) is 10.2. The van der Waals surface area contributed by atoms with E-state index < -0.39 is 5.82 Å². The SMILES string of the molecule is COCCOc1cccc(CNC(=O)COc2ccccc2F)c1. The first kappa shape index (κ1) is 17.7. The molecule has 0 aromatic heterocycles. The van der Waals surface area contributed by atoms with Crippen molar-refractivity contribution in [2.75, 3.05) is 26.9 Å². The standard InChI is InChI=1S/C18H20FNO4/c1-22-9-10-23-15-6-4-5-14(11-15)12-20-18(21)13-24-17-8-3-2-7-16(17)19/h2-8,11H,9-10,12-13H2,1H3,(H,20,21). The van der Waals surface area contributed by atoms with Gasteiger partial charge >= 0.3 is 0 Å². The van der Waals surface area contributed by atoms with Crippen molar-refractivity contribution in [3.8, 4) is 11.5 Å². The molecule has 5 nitrogen and oxygen atoms in total. The monoisotopic (exact) mass is 333 g/mol. The second-order valence-corrected chi connectivity index (χ2v) is 4.98. The Morgan fingerprint density at radius 2 is 1.92 bits per heavy atom. The highest BCUT2D eigenvalue weighted by Gasteiger charge is 2.06. The third-order valence-corrected chi connectivity index (χ3v) is 3.14. The van der Waals surface area contributed by atoms with E-state index in [2.05, 4.69) is 5.32 Å². The van der Waals surface area contributed by atoms with E-state index in [1.54, 1.807) is 19.2 Å². The fourth-order valence-corrected chi connectivity index (χ4v) is 1.94. The zero-order chi connectivity index (χ0) is 17.2. The molecule has 128 valence electrons. The number of halogens is 1. The number of nitrogens with one attached hydrogen (secondary N) is 1. The minimum absolute atomic E-state index is 0.0567. The van der Waals surface area contributed by atoms with Crippen LogP contribution in [0.15, 0.2) is 48.5 Å². The summed E-state index contributed by atoms with van der Waals surface area (Å²) in [6, 6.07) is 13.4. The highest BCUT2D eigenvalue weighted by Crippen LogP contribution is 2.15. The fraction of sp³-hybridized carbons (Fsp3) is 0.278. The van der Waals surface area contributed by atoms with Gasteiger partial charge in [-0.1, -0.05) is 24.3 Å². The van der Waals surface area contributed by atoms with Gasteiger partial charge < -0.3 is 19.5 Å². The molecule has 0 heterocycles. The maximum absolute atomic E-state index is 13.4. The summed E-state index contributed by atoms with van der Waals surface area (Å²) in [5.74, 6) is -0.0576. The van der Waals surface area contributed by atoms with Gasteiger partial charge in [0.1, 0.15) is 12.4 Å². The number of amides is 1. The first-order valence-corrected chi connectivity index (χ1v) is 7.54. The minimum atomic E-state index is -0.494. The van der Waals surface area contributed by atoms with Gasteiger partial charge in [0.15, 0.2) is 18.2 Å². The second kappa shape index (κ2) is 9.52. The quantitative estimate of drug-likeness (QED) is 0.717. The van der Waals surface area contributed by atoms with Gasteiger partial charge in [-0.3, -0.25) is 4.79 Å². The molecule has 2 rings (SSSR count). The molecular formula is C18H20FNO4. The van der Waals surface area contributed by atoms with Crippen LogP contribution in [0, 0.1) is 5.82 Å². The van der Waals surface area contributed by atoms with Crippen LogP contribution < -0.4 is 14.8 Å². The van der Waals surface area contributed by atoms with Crippen LogP contribution in [0.1, 0.15) is 5.56 Å². The van der Waals surface area contributed by atoms with Crippen LogP contribution in [0.25, 0.3) is 0 Å². The Morgan fingerprint density at radius 3 is 2.71 bits per heavy atom. The largest absolute Gasteiger partial charge is 0.491 e. The summed E-state index contributed by atoms with van der Waals surface area (Å²) in [6.07, 6.45) is 0. The Balaban J connectivity index is 1.77. The molecule has 0 atom stereocenters. The highest BCUT2D eigenvalue weighted by molar-refractivity contribution is 5.77. The zero-order valence-electron chi connectivity index (χ0n) is 13.5. The maximum atomic E-state index is 13.4. The summed E-state index contributed by atoms with van der Waals surface area (Å²) in [5, 5.41) is 2.72. The molecule has 0 saturated heterocycles. The molecule has 2 aromatic carbocycles. The third-order valence-electron chi connectivity index (χ3n) is 3.14. The fourth-order valence-electron chi connectivity index (χ4n) is 1.94. The lowest BCUT2D eigenvalue weighted by molar-refractivity contribution is -0.123. The van der Waals surface area contributed by atoms with Crippen LogP contribution >= 0.6 is 0 Å². The highest BCUT2D eigenvalue weighted by atomic mass is 19.1. The van der Waals surface area contributed by atoms with Crippen LogP contribution in [-0.4, -0.2) is 32.8 Å². The topological polar surface area (TPSA) is 56.8 Å². The number of rotatable bonds is 9. The van der Waals surface area contributed by atoms with Crippen LogP contribution in [0.4, 0.5) is 4.39 Å². The summed E-state index contributed by atoms with van der Waals surface area (Å²) < 4.78 is 29.0. The van der Waals surface area contributed by atoms with Gasteiger partial charge in [-0.25, -0.2) is 4.39 Å². The molecule has 2 aromatic rings. The first-order chi connectivity index (χ1) is 11.7. The molecule has 0 bridgehead atoms. The van der Waals surface area contributed by atoms with Crippen molar-refractivity contribution in [2.24, 2.45) is 0 Å². The van der Waals surface area contributed by atoms with E-state index in [1.165, 1.54) is 12.1 Å². The van der Waals surface area contributed by atoms with Gasteiger partial charge in [0.2, 0.25) is 0 Å². The van der Waals surface area contributed by atoms with Gasteiger partial charge in [0.25, 0.3) is 5.91 Å². The molecule has 0 fully saturated rings. The lowest BCUT2D eigenvalue weighted by Gasteiger charge is -2.10. The van der Waals surface area contributed by atoms with Crippen molar-refractivity contribution in [2.45, 2.75) is 6.54 Å². The average Bonchev–Trinajstić information content (AvgIpc) is 2.60. The van der Waals surface area contributed by atoms with Crippen molar-refractivity contribution in [3.05, 3.63) is 59.9 Å². The number of hydrogen-bond donors (Lipinski definition) is 1. The predicted octanol–water partition coefficient (Wildman–Crippen LogP) is 2.55. The second-order valence-electron chi connectivity index (χ2n) is 4.98. The minimum Gasteiger partial charge on any atom is -0.491 e. The summed E-state index contributed by atoms with van der Waals surface area (Å²) >= 11 is 0. The molecule has 0 aliphatic carbocycles. The van der Waals surface area contributed by atoms with Gasteiger partial charge in [-0.05, 0) is 29.8 Å². The molecule has 1 N–H and O–H groups in total. The molecule has 0 spiro atoms. The number of ether oxygens (including phenoxy) is 3. The lowest BCUT2D eigenvalue weighted by Crippen LogP contribution is -2.28. The van der Waals surface area contributed by atoms with E-state index in [9.17, 15) is 9.18 Å². The Bertz CT molecular complexity index is 663. The molecular weight excluding hydrogens is 313 g/mol. The summed E-state index contributed by atoms with van der Waals surface area (Å²) in [4.78, 5) is 11.8. The Morgan fingerprint density at radius 1 is 1.08 bits per heavy atom. The Labute approximate surface area is 140 Å². The van der Waals surface area contributed by atoms with Crippen LogP contribution in [0.5, 0.6) is 11.5 Å². The number of carbonyl (C=O) groups is 1. The first-order valence-electron chi connectivity index (χ1n) is 7.54. The molecule has 0 aliphatic rings. The van der Waals surface area contributed by atoms with Crippen LogP contribution in [0.3, 0.4) is 0 Å². The molecule has 0 unspecified atom stereocenters. The van der Waals surface area contributed by atoms with Gasteiger partial charge in [0.05, 0.1) is 6.61 Å². The Kier molecular flexibility index (Phi) is 7.04. The van der Waals surface area contributed by atoms with Crippen LogP contribution in [-0.2, 0) is 16.1 Å². The van der Waals surface area contributed by atoms with E-state index in [0.717, 1.165) is 5.56 Å². The summed E-state index contributed by atoms with van der Waals surface area (Å²) in [5.41, 5.74) is 0.893. The molecule has 0 radical (unpaired) electrons. The number of benzene rings is 2. The summed E-state index contributed by atoms with van der Waals surface area (Å²) in [7, 11) is 1.61. The average molecular weight is 333 g/mol. The van der Waals surface area contributed by atoms with Gasteiger partial charge in [-0.2, -0.15) is 0 Å². The molecule has 24 heavy (non-hydrogen) atoms. The third kappa shape index (κ3) is 5.89. The molecule has 0 saturated carbocycles. The summed E-state index contributed by atoms with van der Waals surface area (Å²) in [6.45, 7) is 1.06. The van der Waals surface area contributed by atoms with E-state index in [-0.39, 0.29) is 18.3 Å². The van der Waals surface area contributed by atoms with Crippen molar-refractivity contribution >= 4 is 5.91 Å². The maximum Gasteiger partial charge on any atom is 0.258 e. The number of para-hydroxylation sites is 1. The van der Waals surface area contributed by atoms with Gasteiger partial charge in [0, 0.05) is 13.7 Å². The number of hydrogen-bond acceptors (Lipinski definition) is 4. The van der Waals surface area contributed by atoms with Crippen molar-refractivity contribution in [1.82, 2.24) is 5.32 Å².